The van der Waals surface area contributed by atoms with Gasteiger partial charge in [0.25, 0.3) is 0 Å². The fraction of sp³-hybridized carbons (Fsp3) is 0.200. The number of hydrogen-bond acceptors (Lipinski definition) is 3. The summed E-state index contributed by atoms with van der Waals surface area (Å²) >= 11 is 0. The lowest BCUT2D eigenvalue weighted by Gasteiger charge is -2.18. The summed E-state index contributed by atoms with van der Waals surface area (Å²) in [6, 6.07) is 0. The molecule has 0 aromatic heterocycles. The van der Waals surface area contributed by atoms with Crippen LogP contribution in [0.3, 0.4) is 0 Å². The van der Waals surface area contributed by atoms with Gasteiger partial charge in [0.15, 0.2) is 0 Å². The van der Waals surface area contributed by atoms with Crippen LogP contribution in [0.4, 0.5) is 0 Å². The van der Waals surface area contributed by atoms with Gasteiger partial charge in [-0.15, -0.1) is 5.11 Å². The Kier molecular flexibility index (Phi) is 1.85. The first-order chi connectivity index (χ1) is 6.27. The van der Waals surface area contributed by atoms with Crippen LogP contribution >= 0.6 is 0 Å². The maximum absolute atomic E-state index is 4.08. The second-order valence-electron chi connectivity index (χ2n) is 3.07. The quantitative estimate of drug-likeness (QED) is 0.553. The van der Waals surface area contributed by atoms with Crippen molar-refractivity contribution in [3.63, 3.8) is 0 Å². The van der Waals surface area contributed by atoms with Crippen LogP contribution in [0.2, 0.25) is 0 Å². The Morgan fingerprint density at radius 2 is 2.08 bits per heavy atom. The summed E-state index contributed by atoms with van der Waals surface area (Å²) in [4.78, 5) is 2.03. The van der Waals surface area contributed by atoms with E-state index in [4.69, 9.17) is 0 Å². The summed E-state index contributed by atoms with van der Waals surface area (Å²) in [5.41, 5.74) is 2.97. The molecule has 0 aromatic carbocycles. The molecule has 0 aliphatic carbocycles. The zero-order valence-electron chi connectivity index (χ0n) is 7.73. The van der Waals surface area contributed by atoms with Crippen molar-refractivity contribution in [1.29, 1.82) is 0 Å². The number of hydrogen-bond donors (Lipinski definition) is 0. The fourth-order valence-corrected chi connectivity index (χ4v) is 1.30. The molecule has 2 rings (SSSR count). The Morgan fingerprint density at radius 1 is 1.23 bits per heavy atom. The molecule has 2 aliphatic heterocycles. The zero-order valence-corrected chi connectivity index (χ0v) is 7.73. The van der Waals surface area contributed by atoms with Crippen molar-refractivity contribution in [2.45, 2.75) is 6.92 Å². The third-order valence-electron chi connectivity index (χ3n) is 1.98. The number of allylic oxidation sites excluding steroid dienone is 5. The molecule has 0 fully saturated rings. The van der Waals surface area contributed by atoms with Crippen LogP contribution in [-0.2, 0) is 0 Å². The first-order valence-corrected chi connectivity index (χ1v) is 4.19. The van der Waals surface area contributed by atoms with Crippen molar-refractivity contribution in [3.05, 3.63) is 47.6 Å². The number of likely N-dealkylation sites (N-methyl/N-ethyl adjacent to an activating group) is 1. The van der Waals surface area contributed by atoms with E-state index in [-0.39, 0.29) is 0 Å². The lowest BCUT2D eigenvalue weighted by molar-refractivity contribution is 0.577. The van der Waals surface area contributed by atoms with Crippen molar-refractivity contribution in [3.8, 4) is 0 Å². The minimum absolute atomic E-state index is 0.931. The lowest BCUT2D eigenvalue weighted by Crippen LogP contribution is -2.11. The van der Waals surface area contributed by atoms with Crippen molar-refractivity contribution in [2.24, 2.45) is 10.2 Å². The van der Waals surface area contributed by atoms with E-state index < -0.39 is 0 Å². The minimum Gasteiger partial charge on any atom is -0.349 e. The number of rotatable bonds is 0. The van der Waals surface area contributed by atoms with Gasteiger partial charge in [0.1, 0.15) is 5.70 Å². The van der Waals surface area contributed by atoms with Crippen LogP contribution in [0.1, 0.15) is 6.92 Å². The predicted octanol–water partition coefficient (Wildman–Crippen LogP) is 2.58. The molecule has 0 aromatic rings. The summed E-state index contributed by atoms with van der Waals surface area (Å²) in [7, 11) is 2.00. The summed E-state index contributed by atoms with van der Waals surface area (Å²) in [5.74, 6) is 0. The van der Waals surface area contributed by atoms with E-state index in [1.807, 2.05) is 49.4 Å². The molecule has 0 saturated carbocycles. The maximum Gasteiger partial charge on any atom is 0.111 e. The van der Waals surface area contributed by atoms with Gasteiger partial charge in [-0.2, -0.15) is 5.11 Å². The van der Waals surface area contributed by atoms with Gasteiger partial charge in [-0.05, 0) is 25.2 Å². The van der Waals surface area contributed by atoms with E-state index >= 15 is 0 Å². The Balaban J connectivity index is 2.40. The molecular weight excluding hydrogens is 162 g/mol. The molecule has 0 N–H and O–H groups in total. The van der Waals surface area contributed by atoms with Crippen molar-refractivity contribution >= 4 is 0 Å². The Morgan fingerprint density at radius 3 is 2.69 bits per heavy atom. The van der Waals surface area contributed by atoms with Gasteiger partial charge in [-0.1, -0.05) is 6.08 Å². The average Bonchev–Trinajstić information content (AvgIpc) is 2.53. The summed E-state index contributed by atoms with van der Waals surface area (Å²) < 4.78 is 0. The maximum atomic E-state index is 4.08. The molecule has 3 heteroatoms. The second-order valence-corrected chi connectivity index (χ2v) is 3.07. The van der Waals surface area contributed by atoms with Crippen LogP contribution in [-0.4, -0.2) is 11.9 Å². The van der Waals surface area contributed by atoms with Gasteiger partial charge in [-0.25, -0.2) is 0 Å². The van der Waals surface area contributed by atoms with Gasteiger partial charge in [0.05, 0.1) is 11.4 Å². The molecule has 0 unspecified atom stereocenters. The monoisotopic (exact) mass is 173 g/mol. The van der Waals surface area contributed by atoms with E-state index in [0.717, 1.165) is 17.1 Å². The fourth-order valence-electron chi connectivity index (χ4n) is 1.30. The van der Waals surface area contributed by atoms with E-state index in [1.165, 1.54) is 0 Å². The molecule has 2 heterocycles. The summed E-state index contributed by atoms with van der Waals surface area (Å²) in [6.45, 7) is 1.94. The molecule has 0 radical (unpaired) electrons. The topological polar surface area (TPSA) is 28.0 Å². The van der Waals surface area contributed by atoms with E-state index in [1.54, 1.807) is 0 Å². The van der Waals surface area contributed by atoms with Gasteiger partial charge < -0.3 is 4.90 Å². The molecule has 0 atom stereocenters. The highest BCUT2D eigenvalue weighted by molar-refractivity contribution is 5.38. The van der Waals surface area contributed by atoms with Crippen LogP contribution in [0, 0.1) is 0 Å². The third-order valence-corrected chi connectivity index (χ3v) is 1.98. The Hall–Kier alpha value is -1.64. The number of nitrogens with zero attached hydrogens (tertiary/aromatic N) is 3. The van der Waals surface area contributed by atoms with Crippen molar-refractivity contribution < 1.29 is 0 Å². The average molecular weight is 173 g/mol. The van der Waals surface area contributed by atoms with Gasteiger partial charge in [0, 0.05) is 13.2 Å². The van der Waals surface area contributed by atoms with E-state index in [0.29, 0.717) is 0 Å². The summed E-state index contributed by atoms with van der Waals surface area (Å²) in [5, 5.41) is 8.05. The largest absolute Gasteiger partial charge is 0.349 e. The van der Waals surface area contributed by atoms with Crippen LogP contribution in [0.5, 0.6) is 0 Å². The van der Waals surface area contributed by atoms with Crippen LogP contribution in [0.15, 0.2) is 57.8 Å². The zero-order chi connectivity index (χ0) is 9.26. The molecule has 66 valence electrons. The normalized spacial score (nSPS) is 25.7. The predicted molar refractivity (Wildman–Crippen MR) is 51.7 cm³/mol. The van der Waals surface area contributed by atoms with E-state index in [9.17, 15) is 0 Å². The standard InChI is InChI=1S/C10H11N3/c1-8-7-9(12-11-8)10-5-3-4-6-13(10)2/h3-7H,1-2H3. The highest BCUT2D eigenvalue weighted by Crippen LogP contribution is 2.23. The molecule has 0 bridgehead atoms. The van der Waals surface area contributed by atoms with Crippen molar-refractivity contribution in [2.75, 3.05) is 7.05 Å². The van der Waals surface area contributed by atoms with Gasteiger partial charge in [-0.3, -0.25) is 0 Å². The second kappa shape index (κ2) is 3.01. The molecular formula is C10H11N3. The third kappa shape index (κ3) is 1.45. The molecule has 3 nitrogen and oxygen atoms in total. The highest BCUT2D eigenvalue weighted by Gasteiger charge is 2.10. The van der Waals surface area contributed by atoms with E-state index in [2.05, 4.69) is 10.2 Å². The van der Waals surface area contributed by atoms with Crippen LogP contribution < -0.4 is 0 Å². The Labute approximate surface area is 77.5 Å². The Bertz CT molecular complexity index is 370. The van der Waals surface area contributed by atoms with Gasteiger partial charge in [0.2, 0.25) is 0 Å². The van der Waals surface area contributed by atoms with Crippen LogP contribution in [0.25, 0.3) is 0 Å². The molecule has 13 heavy (non-hydrogen) atoms. The molecule has 2 aliphatic rings. The molecule has 0 saturated heterocycles. The van der Waals surface area contributed by atoms with Crippen molar-refractivity contribution in [1.82, 2.24) is 4.90 Å². The van der Waals surface area contributed by atoms with Gasteiger partial charge >= 0.3 is 0 Å². The highest BCUT2D eigenvalue weighted by atomic mass is 15.2. The number of azo groups is 1. The molecule has 0 spiro atoms. The first-order valence-electron chi connectivity index (χ1n) is 4.19. The lowest BCUT2D eigenvalue weighted by atomic mass is 10.2. The minimum atomic E-state index is 0.931. The summed E-state index contributed by atoms with van der Waals surface area (Å²) in [6.07, 6.45) is 10.0. The first kappa shape index (κ1) is 7.98. The smallest absolute Gasteiger partial charge is 0.111 e. The molecule has 0 amide bonds. The SMILES string of the molecule is CC1=CC(=C2C=CC=CN2C)N=N1.